The predicted octanol–water partition coefficient (Wildman–Crippen LogP) is 5.38. The highest BCUT2D eigenvalue weighted by atomic mass is 32.2. The SMILES string of the molecule is Cc1ccc(CN(CCCN2CCCCC2C)S(=O)(=O)c2c(C)cc(C)cc2C)cc1. The third-order valence-electron chi connectivity index (χ3n) is 6.48. The zero-order valence-electron chi connectivity index (χ0n) is 19.8. The van der Waals surface area contributed by atoms with Crippen molar-refractivity contribution in [1.82, 2.24) is 9.21 Å². The molecular weight excluding hydrogens is 404 g/mol. The Morgan fingerprint density at radius 2 is 1.61 bits per heavy atom. The fourth-order valence-electron chi connectivity index (χ4n) is 4.82. The van der Waals surface area contributed by atoms with E-state index in [2.05, 4.69) is 30.9 Å². The molecule has 0 aromatic heterocycles. The summed E-state index contributed by atoms with van der Waals surface area (Å²) < 4.78 is 29.3. The van der Waals surface area contributed by atoms with Crippen LogP contribution < -0.4 is 0 Å². The third-order valence-corrected chi connectivity index (χ3v) is 8.63. The molecule has 0 radical (unpaired) electrons. The van der Waals surface area contributed by atoms with Crippen molar-refractivity contribution in [3.63, 3.8) is 0 Å². The molecule has 3 rings (SSSR count). The normalized spacial score (nSPS) is 17.9. The van der Waals surface area contributed by atoms with Crippen molar-refractivity contribution < 1.29 is 8.42 Å². The maximum Gasteiger partial charge on any atom is 0.243 e. The molecule has 170 valence electrons. The van der Waals surface area contributed by atoms with Crippen LogP contribution in [-0.4, -0.2) is 43.3 Å². The van der Waals surface area contributed by atoms with Crippen LogP contribution in [0.1, 0.15) is 60.4 Å². The van der Waals surface area contributed by atoms with Gasteiger partial charge in [0.05, 0.1) is 4.90 Å². The molecule has 0 aliphatic carbocycles. The second-order valence-corrected chi connectivity index (χ2v) is 11.2. The lowest BCUT2D eigenvalue weighted by molar-refractivity contribution is 0.155. The van der Waals surface area contributed by atoms with Crippen molar-refractivity contribution in [3.05, 3.63) is 64.2 Å². The van der Waals surface area contributed by atoms with Gasteiger partial charge in [-0.05, 0) is 83.7 Å². The molecule has 2 aromatic rings. The van der Waals surface area contributed by atoms with E-state index in [0.717, 1.165) is 41.8 Å². The molecule has 1 unspecified atom stereocenters. The first kappa shape index (κ1) is 24.0. The summed E-state index contributed by atoms with van der Waals surface area (Å²) in [5, 5.41) is 0. The topological polar surface area (TPSA) is 40.6 Å². The van der Waals surface area contributed by atoms with Gasteiger partial charge in [-0.25, -0.2) is 8.42 Å². The number of piperidine rings is 1. The van der Waals surface area contributed by atoms with Crippen molar-refractivity contribution in [1.29, 1.82) is 0 Å². The molecule has 1 aliphatic rings. The molecule has 0 amide bonds. The van der Waals surface area contributed by atoms with Crippen molar-refractivity contribution >= 4 is 10.0 Å². The Labute approximate surface area is 189 Å². The van der Waals surface area contributed by atoms with Gasteiger partial charge in [-0.1, -0.05) is 53.9 Å². The van der Waals surface area contributed by atoms with Gasteiger partial charge in [0.1, 0.15) is 0 Å². The van der Waals surface area contributed by atoms with Gasteiger partial charge in [0.2, 0.25) is 10.0 Å². The third kappa shape index (κ3) is 5.97. The summed E-state index contributed by atoms with van der Waals surface area (Å²) in [4.78, 5) is 2.99. The summed E-state index contributed by atoms with van der Waals surface area (Å²) in [5.74, 6) is 0. The molecule has 1 fully saturated rings. The first-order valence-electron chi connectivity index (χ1n) is 11.6. The average molecular weight is 443 g/mol. The van der Waals surface area contributed by atoms with E-state index in [9.17, 15) is 8.42 Å². The molecule has 1 heterocycles. The minimum absolute atomic E-state index is 0.408. The minimum atomic E-state index is -3.59. The Morgan fingerprint density at radius 3 is 2.23 bits per heavy atom. The van der Waals surface area contributed by atoms with Crippen molar-refractivity contribution in [2.45, 2.75) is 77.8 Å². The van der Waals surface area contributed by atoms with E-state index in [-0.39, 0.29) is 0 Å². The molecule has 2 aromatic carbocycles. The van der Waals surface area contributed by atoms with Crippen molar-refractivity contribution in [3.8, 4) is 0 Å². The smallest absolute Gasteiger partial charge is 0.243 e. The zero-order valence-corrected chi connectivity index (χ0v) is 20.6. The van der Waals surface area contributed by atoms with E-state index < -0.39 is 10.0 Å². The van der Waals surface area contributed by atoms with E-state index in [1.807, 2.05) is 45.0 Å². The Hall–Kier alpha value is -1.69. The standard InChI is InChI=1S/C26H38N2O2S/c1-20-10-12-25(13-11-20)19-28(16-8-15-27-14-7-6-9-24(27)5)31(29,30)26-22(3)17-21(2)18-23(26)4/h10-13,17-18,24H,6-9,14-16,19H2,1-5H3. The Bertz CT molecular complexity index is 960. The Morgan fingerprint density at radius 1 is 0.968 bits per heavy atom. The lowest BCUT2D eigenvalue weighted by Gasteiger charge is -2.34. The second kappa shape index (κ2) is 10.3. The van der Waals surface area contributed by atoms with E-state index >= 15 is 0 Å². The highest BCUT2D eigenvalue weighted by molar-refractivity contribution is 7.89. The fourth-order valence-corrected chi connectivity index (χ4v) is 6.70. The molecule has 0 bridgehead atoms. The lowest BCUT2D eigenvalue weighted by Crippen LogP contribution is -2.40. The van der Waals surface area contributed by atoms with Gasteiger partial charge >= 0.3 is 0 Å². The van der Waals surface area contributed by atoms with Crippen LogP contribution in [-0.2, 0) is 16.6 Å². The summed E-state index contributed by atoms with van der Waals surface area (Å²) >= 11 is 0. The number of likely N-dealkylation sites (tertiary alicyclic amines) is 1. The van der Waals surface area contributed by atoms with E-state index in [1.165, 1.54) is 24.8 Å². The highest BCUT2D eigenvalue weighted by Gasteiger charge is 2.28. The van der Waals surface area contributed by atoms with Gasteiger partial charge < -0.3 is 4.90 Å². The summed E-state index contributed by atoms with van der Waals surface area (Å²) in [6.45, 7) is 13.2. The van der Waals surface area contributed by atoms with Crippen LogP contribution in [0.15, 0.2) is 41.3 Å². The maximum atomic E-state index is 13.8. The molecule has 0 saturated carbocycles. The first-order chi connectivity index (χ1) is 14.7. The van der Waals surface area contributed by atoms with E-state index in [0.29, 0.717) is 24.0 Å². The quantitative estimate of drug-likeness (QED) is 0.551. The van der Waals surface area contributed by atoms with E-state index in [1.54, 1.807) is 4.31 Å². The molecule has 0 spiro atoms. The largest absolute Gasteiger partial charge is 0.301 e. The van der Waals surface area contributed by atoms with Crippen LogP contribution in [0.5, 0.6) is 0 Å². The molecule has 0 N–H and O–H groups in total. The molecule has 4 nitrogen and oxygen atoms in total. The first-order valence-corrected chi connectivity index (χ1v) is 13.0. The van der Waals surface area contributed by atoms with E-state index in [4.69, 9.17) is 0 Å². The molecule has 5 heteroatoms. The van der Waals surface area contributed by atoms with Gasteiger partial charge in [-0.3, -0.25) is 0 Å². The Balaban J connectivity index is 1.84. The summed E-state index contributed by atoms with van der Waals surface area (Å²) in [6.07, 6.45) is 4.64. The minimum Gasteiger partial charge on any atom is -0.301 e. The van der Waals surface area contributed by atoms with Crippen LogP contribution in [0.4, 0.5) is 0 Å². The van der Waals surface area contributed by atoms with Crippen LogP contribution in [0.2, 0.25) is 0 Å². The van der Waals surface area contributed by atoms with Gasteiger partial charge in [0, 0.05) is 19.1 Å². The predicted molar refractivity (Wildman–Crippen MR) is 129 cm³/mol. The second-order valence-electron chi connectivity index (χ2n) is 9.29. The van der Waals surface area contributed by atoms with Gasteiger partial charge in [-0.2, -0.15) is 4.31 Å². The number of hydrogen-bond acceptors (Lipinski definition) is 3. The number of aryl methyl sites for hydroxylation is 4. The van der Waals surface area contributed by atoms with Crippen molar-refractivity contribution in [2.24, 2.45) is 0 Å². The summed E-state index contributed by atoms with van der Waals surface area (Å²) in [7, 11) is -3.59. The number of sulfonamides is 1. The summed E-state index contributed by atoms with van der Waals surface area (Å²) in [5.41, 5.74) is 4.97. The Kier molecular flexibility index (Phi) is 7.95. The average Bonchev–Trinajstić information content (AvgIpc) is 2.69. The van der Waals surface area contributed by atoms with Gasteiger partial charge in [-0.15, -0.1) is 0 Å². The number of nitrogens with zero attached hydrogens (tertiary/aromatic N) is 2. The van der Waals surface area contributed by atoms with Gasteiger partial charge in [0.25, 0.3) is 0 Å². The molecule has 1 atom stereocenters. The summed E-state index contributed by atoms with van der Waals surface area (Å²) in [6, 6.07) is 12.7. The highest BCUT2D eigenvalue weighted by Crippen LogP contribution is 2.27. The number of rotatable bonds is 8. The maximum absolute atomic E-state index is 13.8. The molecule has 31 heavy (non-hydrogen) atoms. The van der Waals surface area contributed by atoms with Crippen molar-refractivity contribution in [2.75, 3.05) is 19.6 Å². The van der Waals surface area contributed by atoms with Gasteiger partial charge in [0.15, 0.2) is 0 Å². The molecule has 1 aliphatic heterocycles. The fraction of sp³-hybridized carbons (Fsp3) is 0.538. The number of benzene rings is 2. The van der Waals surface area contributed by atoms with Crippen LogP contribution >= 0.6 is 0 Å². The lowest BCUT2D eigenvalue weighted by atomic mass is 10.0. The van der Waals surface area contributed by atoms with Crippen LogP contribution in [0.25, 0.3) is 0 Å². The zero-order chi connectivity index (χ0) is 22.6. The number of hydrogen-bond donors (Lipinski definition) is 0. The molecular formula is C26H38N2O2S. The monoisotopic (exact) mass is 442 g/mol. The van der Waals surface area contributed by atoms with Crippen LogP contribution in [0.3, 0.4) is 0 Å². The molecule has 1 saturated heterocycles. The van der Waals surface area contributed by atoms with Crippen LogP contribution in [0, 0.1) is 27.7 Å².